The average molecular weight is 862 g/mol. The predicted octanol–water partition coefficient (Wildman–Crippen LogP) is 7.83. The molecule has 63 heavy (non-hydrogen) atoms. The maximum Gasteiger partial charge on any atom is 0.407 e. The molecular weight excluding hydrogens is 799 g/mol. The summed E-state index contributed by atoms with van der Waals surface area (Å²) in [6.07, 6.45) is 6.13. The van der Waals surface area contributed by atoms with Gasteiger partial charge in [0.05, 0.1) is 50.1 Å². The zero-order valence-corrected chi connectivity index (χ0v) is 38.0. The predicted molar refractivity (Wildman–Crippen MR) is 239 cm³/mol. The minimum atomic E-state index is -0.709. The topological polar surface area (TPSA) is 187 Å². The van der Waals surface area contributed by atoms with Gasteiger partial charge in [-0.05, 0) is 83.1 Å². The molecule has 3 fully saturated rings. The molecule has 3 saturated heterocycles. The molecular formula is C48H63N9O6. The van der Waals surface area contributed by atoms with Gasteiger partial charge in [-0.25, -0.2) is 19.6 Å². The Morgan fingerprint density at radius 1 is 0.619 bits per heavy atom. The summed E-state index contributed by atoms with van der Waals surface area (Å²) in [4.78, 5) is 72.7. The first-order valence-corrected chi connectivity index (χ1v) is 22.6. The van der Waals surface area contributed by atoms with Gasteiger partial charge in [0.15, 0.2) is 0 Å². The molecule has 4 aliphatic rings. The van der Waals surface area contributed by atoms with Crippen molar-refractivity contribution in [2.24, 2.45) is 29.6 Å². The molecule has 4 aliphatic heterocycles. The number of carbonyl (C=O) groups is 4. The second-order valence-electron chi connectivity index (χ2n) is 19.2. The molecule has 15 heteroatoms. The zero-order chi connectivity index (χ0) is 44.9. The molecule has 2 aromatic heterocycles. The lowest BCUT2D eigenvalue weighted by atomic mass is 9.88. The SMILES string of the molecule is COC(=O)N[C@H](C(=O)N1C[C@H](C)C[C@H]1c1ncc(-c2ccc(-c3ccc(-c4cnc([C@@H]5C[C@H](C)CN5C(=O)[C@@H](NC(=O)OC)C(C)C)[nH]4)c4c3C3CC(C)CC4N3)cc2)[nH]1)C(C)C. The summed E-state index contributed by atoms with van der Waals surface area (Å²) in [5.41, 5.74) is 8.87. The quantitative estimate of drug-likeness (QED) is 0.100. The first-order valence-electron chi connectivity index (χ1n) is 22.6. The van der Waals surface area contributed by atoms with E-state index in [2.05, 4.69) is 83.1 Å². The van der Waals surface area contributed by atoms with E-state index >= 15 is 0 Å². The van der Waals surface area contributed by atoms with Crippen molar-refractivity contribution >= 4 is 24.0 Å². The summed E-state index contributed by atoms with van der Waals surface area (Å²) in [6.45, 7) is 15.4. The van der Waals surface area contributed by atoms with Crippen LogP contribution in [0.15, 0.2) is 48.8 Å². The number of amides is 4. The molecule has 3 unspecified atom stereocenters. The second-order valence-corrected chi connectivity index (χ2v) is 19.2. The van der Waals surface area contributed by atoms with Crippen molar-refractivity contribution in [2.75, 3.05) is 27.3 Å². The summed E-state index contributed by atoms with van der Waals surface area (Å²) in [6, 6.07) is 11.6. The Bertz CT molecular complexity index is 2340. The van der Waals surface area contributed by atoms with Crippen LogP contribution in [-0.4, -0.2) is 93.1 Å². The van der Waals surface area contributed by atoms with Crippen LogP contribution in [0.4, 0.5) is 9.59 Å². The highest BCUT2D eigenvalue weighted by atomic mass is 16.5. The molecule has 0 aliphatic carbocycles. The number of aromatic amines is 2. The number of alkyl carbamates (subject to hydrolysis) is 2. The van der Waals surface area contributed by atoms with Gasteiger partial charge in [-0.15, -0.1) is 0 Å². The van der Waals surface area contributed by atoms with Gasteiger partial charge in [0.2, 0.25) is 11.8 Å². The Morgan fingerprint density at radius 2 is 1.06 bits per heavy atom. The molecule has 9 atom stereocenters. The van der Waals surface area contributed by atoms with E-state index in [9.17, 15) is 19.2 Å². The van der Waals surface area contributed by atoms with Crippen LogP contribution in [0, 0.1) is 29.6 Å². The maximum atomic E-state index is 14.0. The van der Waals surface area contributed by atoms with E-state index in [1.807, 2.05) is 49.9 Å². The number of aromatic nitrogens is 4. The van der Waals surface area contributed by atoms with Crippen molar-refractivity contribution in [3.05, 3.63) is 71.6 Å². The number of hydrogen-bond donors (Lipinski definition) is 5. The molecule has 5 N–H and O–H groups in total. The van der Waals surface area contributed by atoms with Gasteiger partial charge >= 0.3 is 12.2 Å². The normalized spacial score (nSPS) is 25.0. The fourth-order valence-electron chi connectivity index (χ4n) is 10.5. The third kappa shape index (κ3) is 8.55. The monoisotopic (exact) mass is 861 g/mol. The van der Waals surface area contributed by atoms with E-state index in [1.165, 1.54) is 30.9 Å². The summed E-state index contributed by atoms with van der Waals surface area (Å²) in [7, 11) is 2.60. The van der Waals surface area contributed by atoms with Crippen LogP contribution in [0.25, 0.3) is 33.6 Å². The number of methoxy groups -OCH3 is 2. The number of carbonyl (C=O) groups excluding carboxylic acids is 4. The number of likely N-dealkylation sites (tertiary alicyclic amines) is 2. The van der Waals surface area contributed by atoms with Crippen LogP contribution in [0.1, 0.15) is 121 Å². The number of nitrogens with zero attached hydrogens (tertiary/aromatic N) is 4. The number of hydrogen-bond acceptors (Lipinski definition) is 9. The van der Waals surface area contributed by atoms with Gasteiger partial charge in [-0.3, -0.25) is 9.59 Å². The Labute approximate surface area is 369 Å². The first kappa shape index (κ1) is 43.9. The highest BCUT2D eigenvalue weighted by Gasteiger charge is 2.43. The minimum Gasteiger partial charge on any atom is -0.453 e. The number of imidazole rings is 2. The third-order valence-corrected chi connectivity index (χ3v) is 13.7. The Balaban J connectivity index is 1.05. The standard InChI is InChI=1S/C48H63N9O6/c1-24(2)41(54-47(60)62-8)45(58)56-22-27(6)18-37(56)43-49-20-35(52-43)30-12-10-29(11-13-30)31-14-15-32(40-34-17-26(5)16-33(51-34)39(31)40)36-21-50-44(53-36)38-19-28(7)23-57(38)46(59)42(25(3)4)55-48(61)63-9/h10-15,20-21,24-28,33-34,37-38,41-42,51H,16-19,22-23H2,1-9H3,(H,49,52)(H,50,53)(H,54,60)(H,55,61)/t26?,27-,28+,33?,34?,37+,38+,41+,42+/m1/s1. The fourth-order valence-corrected chi connectivity index (χ4v) is 10.5. The Kier molecular flexibility index (Phi) is 12.4. The number of H-pyrrole nitrogens is 2. The summed E-state index contributed by atoms with van der Waals surface area (Å²) >= 11 is 0. The van der Waals surface area contributed by atoms with E-state index in [0.717, 1.165) is 65.4 Å². The van der Waals surface area contributed by atoms with E-state index in [-0.39, 0.29) is 59.7 Å². The highest BCUT2D eigenvalue weighted by Crippen LogP contribution is 2.52. The smallest absolute Gasteiger partial charge is 0.407 e. The van der Waals surface area contributed by atoms with Crippen molar-refractivity contribution in [2.45, 2.75) is 110 Å². The van der Waals surface area contributed by atoms with Crippen molar-refractivity contribution < 1.29 is 28.7 Å². The van der Waals surface area contributed by atoms with Crippen LogP contribution in [-0.2, 0) is 19.1 Å². The molecule has 0 saturated carbocycles. The molecule has 4 amide bonds. The first-order chi connectivity index (χ1) is 30.1. The van der Waals surface area contributed by atoms with Crippen molar-refractivity contribution in [3.8, 4) is 33.6 Å². The lowest BCUT2D eigenvalue weighted by molar-refractivity contribution is -0.136. The lowest BCUT2D eigenvalue weighted by Gasteiger charge is -2.30. The van der Waals surface area contributed by atoms with Gasteiger partial charge < -0.3 is 45.2 Å². The molecule has 4 aromatic rings. The molecule has 15 nitrogen and oxygen atoms in total. The maximum absolute atomic E-state index is 14.0. The van der Waals surface area contributed by atoms with E-state index in [4.69, 9.17) is 19.4 Å². The van der Waals surface area contributed by atoms with Gasteiger partial charge in [0.25, 0.3) is 0 Å². The van der Waals surface area contributed by atoms with Crippen LogP contribution in [0.2, 0.25) is 0 Å². The number of nitrogens with one attached hydrogen (secondary N) is 5. The van der Waals surface area contributed by atoms with Crippen LogP contribution >= 0.6 is 0 Å². The minimum absolute atomic E-state index is 0.119. The number of piperidine rings is 1. The van der Waals surface area contributed by atoms with E-state index in [1.54, 1.807) is 0 Å². The molecule has 8 rings (SSSR count). The number of benzene rings is 2. The van der Waals surface area contributed by atoms with Gasteiger partial charge in [0, 0.05) is 30.7 Å². The van der Waals surface area contributed by atoms with E-state index < -0.39 is 24.3 Å². The molecule has 6 heterocycles. The zero-order valence-electron chi connectivity index (χ0n) is 38.0. The molecule has 2 aromatic carbocycles. The highest BCUT2D eigenvalue weighted by molar-refractivity contribution is 5.87. The lowest BCUT2D eigenvalue weighted by Crippen LogP contribution is -2.51. The summed E-state index contributed by atoms with van der Waals surface area (Å²) < 4.78 is 9.66. The largest absolute Gasteiger partial charge is 0.453 e. The van der Waals surface area contributed by atoms with Crippen molar-refractivity contribution in [1.29, 1.82) is 0 Å². The van der Waals surface area contributed by atoms with Gasteiger partial charge in [-0.1, -0.05) is 84.9 Å². The van der Waals surface area contributed by atoms with Crippen molar-refractivity contribution in [3.63, 3.8) is 0 Å². The second kappa shape index (κ2) is 17.8. The number of rotatable bonds is 11. The van der Waals surface area contributed by atoms with E-state index in [0.29, 0.717) is 19.0 Å². The average Bonchev–Trinajstić information content (AvgIpc) is 4.12. The van der Waals surface area contributed by atoms with Crippen LogP contribution in [0.3, 0.4) is 0 Å². The third-order valence-electron chi connectivity index (χ3n) is 13.7. The molecule has 0 radical (unpaired) electrons. The van der Waals surface area contributed by atoms with Crippen molar-refractivity contribution in [1.82, 2.24) is 45.7 Å². The number of fused-ring (bicyclic) bond motifs is 5. The fraction of sp³-hybridized carbons (Fsp3) is 0.542. The van der Waals surface area contributed by atoms with Crippen LogP contribution < -0.4 is 16.0 Å². The Morgan fingerprint density at radius 3 is 1.56 bits per heavy atom. The summed E-state index contributed by atoms with van der Waals surface area (Å²) in [5, 5.41) is 9.43. The number of ether oxygens (including phenoxy) is 2. The van der Waals surface area contributed by atoms with Crippen LogP contribution in [0.5, 0.6) is 0 Å². The molecule has 0 spiro atoms. The Hall–Kier alpha value is -5.70. The molecule has 336 valence electrons. The van der Waals surface area contributed by atoms with Gasteiger partial charge in [-0.2, -0.15) is 0 Å². The summed E-state index contributed by atoms with van der Waals surface area (Å²) in [5.74, 6) is 2.07. The molecule has 2 bridgehead atoms. The van der Waals surface area contributed by atoms with Gasteiger partial charge in [0.1, 0.15) is 23.7 Å².